The molecule has 0 aromatic carbocycles. The highest BCUT2D eigenvalue weighted by Crippen LogP contribution is 1.99. The van der Waals surface area contributed by atoms with Crippen molar-refractivity contribution in [2.45, 2.75) is 0 Å². The van der Waals surface area contributed by atoms with Gasteiger partial charge in [-0.2, -0.15) is 4.98 Å². The Morgan fingerprint density at radius 1 is 1.67 bits per heavy atom. The predicted octanol–water partition coefficient (Wildman–Crippen LogP) is -0.190. The van der Waals surface area contributed by atoms with Gasteiger partial charge in [-0.05, 0) is 6.07 Å². The molecule has 0 aliphatic rings. The molecule has 1 aromatic heterocycles. The Kier molecular flexibility index (Phi) is 2.42. The van der Waals surface area contributed by atoms with Gasteiger partial charge in [-0.25, -0.2) is 9.78 Å². The monoisotopic (exact) mass is 167 g/mol. The summed E-state index contributed by atoms with van der Waals surface area (Å²) in [4.78, 5) is 18.3. The number of anilines is 2. The molecule has 0 spiro atoms. The number of rotatable bonds is 1. The molecular weight excluding hydrogens is 158 g/mol. The lowest BCUT2D eigenvalue weighted by molar-refractivity contribution is 0.254. The van der Waals surface area contributed by atoms with Gasteiger partial charge >= 0.3 is 6.03 Å². The molecule has 0 unspecified atom stereocenters. The Labute approximate surface area is 69.2 Å². The van der Waals surface area contributed by atoms with Crippen molar-refractivity contribution in [1.82, 2.24) is 15.3 Å². The van der Waals surface area contributed by atoms with Crippen molar-refractivity contribution in [3.05, 3.63) is 12.3 Å². The van der Waals surface area contributed by atoms with Crippen LogP contribution in [0.1, 0.15) is 0 Å². The summed E-state index contributed by atoms with van der Waals surface area (Å²) < 4.78 is 0. The van der Waals surface area contributed by atoms with Crippen LogP contribution in [-0.4, -0.2) is 23.0 Å². The van der Waals surface area contributed by atoms with E-state index in [-0.39, 0.29) is 12.0 Å². The zero-order valence-electron chi connectivity index (χ0n) is 6.53. The smallest absolute Gasteiger partial charge is 0.321 e. The molecule has 0 saturated carbocycles. The molecule has 6 nitrogen and oxygen atoms in total. The van der Waals surface area contributed by atoms with Gasteiger partial charge in [-0.3, -0.25) is 5.32 Å². The Balaban J connectivity index is 2.69. The van der Waals surface area contributed by atoms with Gasteiger partial charge in [-0.1, -0.05) is 0 Å². The predicted molar refractivity (Wildman–Crippen MR) is 44.5 cm³/mol. The van der Waals surface area contributed by atoms with E-state index in [2.05, 4.69) is 20.6 Å². The van der Waals surface area contributed by atoms with Crippen LogP contribution in [0.4, 0.5) is 16.6 Å². The summed E-state index contributed by atoms with van der Waals surface area (Å²) in [6.45, 7) is 0. The molecule has 0 radical (unpaired) electrons. The number of hydrogen-bond acceptors (Lipinski definition) is 4. The zero-order valence-corrected chi connectivity index (χ0v) is 6.53. The van der Waals surface area contributed by atoms with Crippen molar-refractivity contribution < 1.29 is 4.79 Å². The van der Waals surface area contributed by atoms with Gasteiger partial charge in [0.25, 0.3) is 0 Å². The van der Waals surface area contributed by atoms with E-state index in [1.165, 1.54) is 19.3 Å². The summed E-state index contributed by atoms with van der Waals surface area (Å²) in [5.74, 6) is 0.505. The van der Waals surface area contributed by atoms with Gasteiger partial charge in [0, 0.05) is 13.2 Å². The average molecular weight is 167 g/mol. The summed E-state index contributed by atoms with van der Waals surface area (Å²) in [6, 6.07) is 1.16. The lowest BCUT2D eigenvalue weighted by Crippen LogP contribution is -2.25. The second-order valence-electron chi connectivity index (χ2n) is 2.01. The van der Waals surface area contributed by atoms with Gasteiger partial charge in [0.15, 0.2) is 0 Å². The molecule has 0 atom stereocenters. The minimum atomic E-state index is -0.374. The van der Waals surface area contributed by atoms with E-state index < -0.39 is 0 Å². The average Bonchev–Trinajstić information content (AvgIpc) is 2.04. The third-order valence-corrected chi connectivity index (χ3v) is 1.13. The number of urea groups is 1. The maximum Gasteiger partial charge on any atom is 0.321 e. The largest absolute Gasteiger partial charge is 0.384 e. The van der Waals surface area contributed by atoms with E-state index in [1.54, 1.807) is 0 Å². The normalized spacial score (nSPS) is 9.08. The summed E-state index contributed by atoms with van der Waals surface area (Å²) >= 11 is 0. The number of aromatic nitrogens is 2. The van der Waals surface area contributed by atoms with Crippen LogP contribution in [0.25, 0.3) is 0 Å². The van der Waals surface area contributed by atoms with Gasteiger partial charge < -0.3 is 11.1 Å². The maximum atomic E-state index is 10.7. The van der Waals surface area contributed by atoms with E-state index in [1.807, 2.05) is 0 Å². The molecule has 4 N–H and O–H groups in total. The minimum absolute atomic E-state index is 0.189. The highest BCUT2D eigenvalue weighted by molar-refractivity contribution is 5.87. The molecule has 64 valence electrons. The Bertz CT molecular complexity index is 287. The number of carbonyl (C=O) groups is 1. The molecular formula is C6H9N5O. The van der Waals surface area contributed by atoms with Gasteiger partial charge in [0.2, 0.25) is 5.95 Å². The lowest BCUT2D eigenvalue weighted by Gasteiger charge is -2.01. The van der Waals surface area contributed by atoms with Crippen LogP contribution < -0.4 is 16.4 Å². The number of amides is 2. The minimum Gasteiger partial charge on any atom is -0.384 e. The molecule has 0 fully saturated rings. The Hall–Kier alpha value is -1.85. The van der Waals surface area contributed by atoms with Crippen LogP contribution in [-0.2, 0) is 0 Å². The zero-order chi connectivity index (χ0) is 8.97. The van der Waals surface area contributed by atoms with E-state index in [0.717, 1.165) is 0 Å². The lowest BCUT2D eigenvalue weighted by atomic mass is 10.6. The van der Waals surface area contributed by atoms with E-state index in [0.29, 0.717) is 5.82 Å². The van der Waals surface area contributed by atoms with Crippen molar-refractivity contribution in [2.24, 2.45) is 0 Å². The first-order valence-corrected chi connectivity index (χ1v) is 3.29. The summed E-state index contributed by atoms with van der Waals surface area (Å²) in [6.07, 6.45) is 1.47. The molecule has 12 heavy (non-hydrogen) atoms. The number of hydrogen-bond donors (Lipinski definition) is 3. The summed E-state index contributed by atoms with van der Waals surface area (Å²) in [7, 11) is 1.50. The molecule has 6 heteroatoms. The highest BCUT2D eigenvalue weighted by atomic mass is 16.2. The van der Waals surface area contributed by atoms with Crippen LogP contribution in [0.5, 0.6) is 0 Å². The number of carbonyl (C=O) groups excluding carboxylic acids is 1. The number of nitrogens with zero attached hydrogens (tertiary/aromatic N) is 2. The second-order valence-corrected chi connectivity index (χ2v) is 2.01. The number of nitrogens with two attached hydrogens (primary N) is 1. The fourth-order valence-electron chi connectivity index (χ4n) is 0.597. The van der Waals surface area contributed by atoms with Crippen LogP contribution in [0.2, 0.25) is 0 Å². The first kappa shape index (κ1) is 8.25. The fourth-order valence-corrected chi connectivity index (χ4v) is 0.597. The second kappa shape index (κ2) is 3.51. The van der Waals surface area contributed by atoms with Gasteiger partial charge in [0.1, 0.15) is 5.82 Å². The van der Waals surface area contributed by atoms with Crippen LogP contribution in [0.15, 0.2) is 12.3 Å². The number of nitrogens with one attached hydrogen (secondary N) is 2. The molecule has 0 aliphatic carbocycles. The van der Waals surface area contributed by atoms with Gasteiger partial charge in [0.05, 0.1) is 0 Å². The van der Waals surface area contributed by atoms with Crippen LogP contribution in [0.3, 0.4) is 0 Å². The SMILES string of the molecule is CNC(=O)Nc1nccc(N)n1. The van der Waals surface area contributed by atoms with E-state index in [4.69, 9.17) is 5.73 Å². The first-order chi connectivity index (χ1) is 5.72. The Morgan fingerprint density at radius 2 is 2.42 bits per heavy atom. The van der Waals surface area contributed by atoms with Gasteiger partial charge in [-0.15, -0.1) is 0 Å². The van der Waals surface area contributed by atoms with Crippen molar-refractivity contribution in [3.63, 3.8) is 0 Å². The standard InChI is InChI=1S/C6H9N5O/c1-8-6(12)11-5-9-3-2-4(7)10-5/h2-3H,1H3,(H4,7,8,9,10,11,12). The molecule has 0 saturated heterocycles. The topological polar surface area (TPSA) is 92.9 Å². The third kappa shape index (κ3) is 2.08. The molecule has 0 aliphatic heterocycles. The quantitative estimate of drug-likeness (QED) is 0.540. The van der Waals surface area contributed by atoms with Crippen LogP contribution in [0, 0.1) is 0 Å². The molecule has 2 amide bonds. The molecule has 1 aromatic rings. The van der Waals surface area contributed by atoms with Crippen LogP contribution >= 0.6 is 0 Å². The highest BCUT2D eigenvalue weighted by Gasteiger charge is 1.99. The number of nitrogen functional groups attached to an aromatic ring is 1. The summed E-state index contributed by atoms with van der Waals surface area (Å²) in [5.41, 5.74) is 5.35. The summed E-state index contributed by atoms with van der Waals surface area (Å²) in [5, 5.41) is 4.74. The van der Waals surface area contributed by atoms with E-state index in [9.17, 15) is 4.79 Å². The third-order valence-electron chi connectivity index (χ3n) is 1.13. The first-order valence-electron chi connectivity index (χ1n) is 3.29. The van der Waals surface area contributed by atoms with Crippen molar-refractivity contribution >= 4 is 17.8 Å². The molecule has 1 rings (SSSR count). The van der Waals surface area contributed by atoms with Crippen molar-refractivity contribution in [2.75, 3.05) is 18.1 Å². The molecule has 1 heterocycles. The van der Waals surface area contributed by atoms with E-state index >= 15 is 0 Å². The Morgan fingerprint density at radius 3 is 3.00 bits per heavy atom. The molecule has 0 bridgehead atoms. The van der Waals surface area contributed by atoms with Crippen molar-refractivity contribution in [1.29, 1.82) is 0 Å². The van der Waals surface area contributed by atoms with Crippen molar-refractivity contribution in [3.8, 4) is 0 Å². The maximum absolute atomic E-state index is 10.7. The fraction of sp³-hybridized carbons (Fsp3) is 0.167.